The Kier molecular flexibility index (Phi) is 5.29. The largest absolute Gasteiger partial charge is 0.480 e. The molecule has 0 bridgehead atoms. The lowest BCUT2D eigenvalue weighted by Gasteiger charge is -2.21. The number of aliphatic carboxylic acids is 1. The van der Waals surface area contributed by atoms with Gasteiger partial charge in [0.05, 0.1) is 17.7 Å². The molecule has 0 atom stereocenters. The number of nitrogens with one attached hydrogen (secondary N) is 2. The van der Waals surface area contributed by atoms with Crippen LogP contribution < -0.4 is 10.0 Å². The van der Waals surface area contributed by atoms with E-state index in [1.165, 1.54) is 44.4 Å². The van der Waals surface area contributed by atoms with Crippen LogP contribution in [0, 0.1) is 0 Å². The van der Waals surface area contributed by atoms with Gasteiger partial charge in [-0.3, -0.25) is 4.79 Å². The zero-order chi connectivity index (χ0) is 18.7. The maximum Gasteiger partial charge on any atom is 0.328 e. The average Bonchev–Trinajstić information content (AvgIpc) is 3.06. The van der Waals surface area contributed by atoms with E-state index in [1.807, 2.05) is 0 Å². The number of amides is 1. The molecule has 1 aromatic heterocycles. The molecule has 2 aromatic rings. The van der Waals surface area contributed by atoms with Crippen LogP contribution in [0.25, 0.3) is 0 Å². The second-order valence-corrected chi connectivity index (χ2v) is 7.58. The summed E-state index contributed by atoms with van der Waals surface area (Å²) >= 11 is 0. The molecule has 134 valence electrons. The van der Waals surface area contributed by atoms with Crippen LogP contribution in [-0.2, 0) is 21.4 Å². The van der Waals surface area contributed by atoms with Gasteiger partial charge in [0.1, 0.15) is 11.3 Å². The Morgan fingerprint density at radius 3 is 2.32 bits per heavy atom. The third kappa shape index (κ3) is 4.68. The molecule has 0 radical (unpaired) electrons. The van der Waals surface area contributed by atoms with Gasteiger partial charge in [0.2, 0.25) is 10.0 Å². The normalized spacial score (nSPS) is 11.9. The lowest BCUT2D eigenvalue weighted by Crippen LogP contribution is -2.49. The fourth-order valence-electron chi connectivity index (χ4n) is 1.86. The van der Waals surface area contributed by atoms with E-state index in [-0.39, 0.29) is 17.0 Å². The number of sulfonamides is 1. The molecule has 0 aliphatic heterocycles. The predicted octanol–water partition coefficient (Wildman–Crippen LogP) is 1.35. The minimum absolute atomic E-state index is 0.00434. The number of carbonyl (C=O) groups is 2. The first-order chi connectivity index (χ1) is 11.6. The summed E-state index contributed by atoms with van der Waals surface area (Å²) in [5.41, 5.74) is -1.29. The Morgan fingerprint density at radius 1 is 1.16 bits per heavy atom. The zero-order valence-corrected chi connectivity index (χ0v) is 14.5. The summed E-state index contributed by atoms with van der Waals surface area (Å²) in [6.45, 7) is 2.71. The summed E-state index contributed by atoms with van der Waals surface area (Å²) < 4.78 is 31.8. The highest BCUT2D eigenvalue weighted by molar-refractivity contribution is 7.89. The van der Waals surface area contributed by atoms with Crippen LogP contribution in [0.2, 0.25) is 0 Å². The molecule has 0 fully saturated rings. The quantitative estimate of drug-likeness (QED) is 0.679. The van der Waals surface area contributed by atoms with E-state index in [0.29, 0.717) is 5.76 Å². The van der Waals surface area contributed by atoms with Crippen LogP contribution in [0.15, 0.2) is 52.0 Å². The summed E-state index contributed by atoms with van der Waals surface area (Å²) in [5, 5.41) is 11.4. The number of rotatable bonds is 7. The third-order valence-electron chi connectivity index (χ3n) is 3.40. The van der Waals surface area contributed by atoms with Crippen molar-refractivity contribution in [2.45, 2.75) is 30.8 Å². The Balaban J connectivity index is 2.08. The molecule has 0 spiro atoms. The molecule has 0 aliphatic rings. The average molecular weight is 366 g/mol. The van der Waals surface area contributed by atoms with Crippen molar-refractivity contribution in [3.05, 3.63) is 54.0 Å². The van der Waals surface area contributed by atoms with Crippen molar-refractivity contribution in [2.75, 3.05) is 0 Å². The minimum Gasteiger partial charge on any atom is -0.480 e. The number of hydrogen-bond donors (Lipinski definition) is 3. The topological polar surface area (TPSA) is 126 Å². The molecule has 0 unspecified atom stereocenters. The van der Waals surface area contributed by atoms with Gasteiger partial charge < -0.3 is 14.8 Å². The standard InChI is InChI=1S/C16H18N2O6S/c1-16(2,15(20)21)18-14(19)11-5-7-13(8-6-11)25(22,23)17-10-12-4-3-9-24-12/h3-9,17H,10H2,1-2H3,(H,18,19)(H,20,21). The summed E-state index contributed by atoms with van der Waals surface area (Å²) in [6, 6.07) is 8.46. The summed E-state index contributed by atoms with van der Waals surface area (Å²) in [7, 11) is -3.76. The number of hydrogen-bond acceptors (Lipinski definition) is 5. The van der Waals surface area contributed by atoms with Crippen molar-refractivity contribution in [3.8, 4) is 0 Å². The SMILES string of the molecule is CC(C)(NC(=O)c1ccc(S(=O)(=O)NCc2ccco2)cc1)C(=O)O. The third-order valence-corrected chi connectivity index (χ3v) is 4.82. The molecular formula is C16H18N2O6S. The molecule has 3 N–H and O–H groups in total. The number of carbonyl (C=O) groups excluding carboxylic acids is 1. The van der Waals surface area contributed by atoms with Crippen molar-refractivity contribution in [1.82, 2.24) is 10.0 Å². The smallest absolute Gasteiger partial charge is 0.328 e. The molecule has 2 rings (SSSR count). The van der Waals surface area contributed by atoms with Crippen LogP contribution in [0.5, 0.6) is 0 Å². The lowest BCUT2D eigenvalue weighted by atomic mass is 10.1. The minimum atomic E-state index is -3.76. The Bertz CT molecular complexity index is 855. The van der Waals surface area contributed by atoms with Gasteiger partial charge in [-0.1, -0.05) is 0 Å². The summed E-state index contributed by atoms with van der Waals surface area (Å²) in [5.74, 6) is -1.32. The Hall–Kier alpha value is -2.65. The molecule has 0 saturated heterocycles. The van der Waals surface area contributed by atoms with Gasteiger partial charge >= 0.3 is 5.97 Å². The molecular weight excluding hydrogens is 348 g/mol. The van der Waals surface area contributed by atoms with Gasteiger partial charge in [0.15, 0.2) is 0 Å². The van der Waals surface area contributed by atoms with Gasteiger partial charge in [-0.2, -0.15) is 0 Å². The van der Waals surface area contributed by atoms with Gasteiger partial charge in [0, 0.05) is 5.56 Å². The van der Waals surface area contributed by atoms with Gasteiger partial charge in [-0.25, -0.2) is 17.9 Å². The van der Waals surface area contributed by atoms with Gasteiger partial charge in [0.25, 0.3) is 5.91 Å². The highest BCUT2D eigenvalue weighted by Crippen LogP contribution is 2.13. The lowest BCUT2D eigenvalue weighted by molar-refractivity contribution is -0.143. The second kappa shape index (κ2) is 7.08. The van der Waals surface area contributed by atoms with Crippen LogP contribution in [0.3, 0.4) is 0 Å². The van der Waals surface area contributed by atoms with Crippen molar-refractivity contribution in [3.63, 3.8) is 0 Å². The molecule has 1 aromatic carbocycles. The number of furan rings is 1. The second-order valence-electron chi connectivity index (χ2n) is 5.81. The summed E-state index contributed by atoms with van der Waals surface area (Å²) in [6.07, 6.45) is 1.44. The van der Waals surface area contributed by atoms with Crippen LogP contribution in [-0.4, -0.2) is 30.9 Å². The highest BCUT2D eigenvalue weighted by atomic mass is 32.2. The van der Waals surface area contributed by atoms with E-state index in [0.717, 1.165) is 0 Å². The number of benzene rings is 1. The van der Waals surface area contributed by atoms with Crippen molar-refractivity contribution in [1.29, 1.82) is 0 Å². The van der Waals surface area contributed by atoms with Crippen molar-refractivity contribution >= 4 is 21.9 Å². The van der Waals surface area contributed by atoms with Gasteiger partial charge in [-0.15, -0.1) is 0 Å². The fourth-order valence-corrected chi connectivity index (χ4v) is 2.85. The predicted molar refractivity (Wildman–Crippen MR) is 88.4 cm³/mol. The van der Waals surface area contributed by atoms with Crippen LogP contribution in [0.1, 0.15) is 30.0 Å². The number of carboxylic acids is 1. The maximum atomic E-state index is 12.2. The highest BCUT2D eigenvalue weighted by Gasteiger charge is 2.29. The van der Waals surface area contributed by atoms with E-state index >= 15 is 0 Å². The zero-order valence-electron chi connectivity index (χ0n) is 13.6. The van der Waals surface area contributed by atoms with Crippen LogP contribution >= 0.6 is 0 Å². The molecule has 0 saturated carbocycles. The molecule has 8 nitrogen and oxygen atoms in total. The van der Waals surface area contributed by atoms with E-state index < -0.39 is 27.4 Å². The van der Waals surface area contributed by atoms with E-state index in [9.17, 15) is 18.0 Å². The molecule has 1 heterocycles. The first-order valence-electron chi connectivity index (χ1n) is 7.30. The van der Waals surface area contributed by atoms with Crippen molar-refractivity contribution in [2.24, 2.45) is 0 Å². The summed E-state index contributed by atoms with van der Waals surface area (Å²) in [4.78, 5) is 23.1. The van der Waals surface area contributed by atoms with Crippen LogP contribution in [0.4, 0.5) is 0 Å². The first-order valence-corrected chi connectivity index (χ1v) is 8.78. The fraction of sp³-hybridized carbons (Fsp3) is 0.250. The number of carboxylic acid groups (broad SMARTS) is 1. The van der Waals surface area contributed by atoms with Crippen molar-refractivity contribution < 1.29 is 27.5 Å². The van der Waals surface area contributed by atoms with Gasteiger partial charge in [-0.05, 0) is 50.2 Å². The van der Waals surface area contributed by atoms with E-state index in [2.05, 4.69) is 10.0 Å². The maximum absolute atomic E-state index is 12.2. The first kappa shape index (κ1) is 18.7. The Morgan fingerprint density at radius 2 is 1.80 bits per heavy atom. The molecule has 9 heteroatoms. The molecule has 25 heavy (non-hydrogen) atoms. The molecule has 0 aliphatic carbocycles. The molecule has 1 amide bonds. The van der Waals surface area contributed by atoms with E-state index in [4.69, 9.17) is 9.52 Å². The van der Waals surface area contributed by atoms with E-state index in [1.54, 1.807) is 12.1 Å². The Labute approximate surface area is 144 Å². The monoisotopic (exact) mass is 366 g/mol.